The van der Waals surface area contributed by atoms with E-state index in [4.69, 9.17) is 0 Å². The number of nitrogens with one attached hydrogen (secondary N) is 1. The molecule has 3 aromatic rings. The van der Waals surface area contributed by atoms with Crippen molar-refractivity contribution in [3.63, 3.8) is 0 Å². The number of hydrogen-bond acceptors (Lipinski definition) is 4. The molecule has 0 atom stereocenters. The normalized spacial score (nSPS) is 10.8. The number of aromatic nitrogens is 2. The Kier molecular flexibility index (Phi) is 5.19. The van der Waals surface area contributed by atoms with Gasteiger partial charge in [-0.25, -0.2) is 4.98 Å². The number of rotatable bonds is 6. The fourth-order valence-electron chi connectivity index (χ4n) is 2.45. The predicted molar refractivity (Wildman–Crippen MR) is 101 cm³/mol. The molecular formula is C19H19N3O2S. The first-order valence-electron chi connectivity index (χ1n) is 8.06. The van der Waals surface area contributed by atoms with Crippen LogP contribution in [0.4, 0.5) is 5.69 Å². The van der Waals surface area contributed by atoms with E-state index >= 15 is 0 Å². The zero-order valence-electron chi connectivity index (χ0n) is 14.2. The maximum absolute atomic E-state index is 12.4. The fourth-order valence-corrected chi connectivity index (χ4v) is 3.34. The zero-order chi connectivity index (χ0) is 17.8. The van der Waals surface area contributed by atoms with Crippen LogP contribution in [0.5, 0.6) is 0 Å². The molecule has 0 saturated carbocycles. The second-order valence-electron chi connectivity index (χ2n) is 5.63. The maximum Gasteiger partial charge on any atom is 0.224 e. The van der Waals surface area contributed by atoms with Crippen LogP contribution in [-0.2, 0) is 11.8 Å². The summed E-state index contributed by atoms with van der Waals surface area (Å²) in [6, 6.07) is 14.9. The summed E-state index contributed by atoms with van der Waals surface area (Å²) in [4.78, 5) is 28.3. The molecule has 2 aromatic carbocycles. The summed E-state index contributed by atoms with van der Waals surface area (Å²) in [6.07, 6.45) is 0.426. The Hall–Kier alpha value is -2.60. The smallest absolute Gasteiger partial charge is 0.224 e. The van der Waals surface area contributed by atoms with Crippen molar-refractivity contribution >= 4 is 40.2 Å². The first kappa shape index (κ1) is 17.2. The van der Waals surface area contributed by atoms with E-state index in [1.165, 1.54) is 11.8 Å². The number of carbonyl (C=O) groups is 2. The molecule has 0 unspecified atom stereocenters. The Labute approximate surface area is 150 Å². The third kappa shape index (κ3) is 3.91. The highest BCUT2D eigenvalue weighted by Crippen LogP contribution is 2.23. The van der Waals surface area contributed by atoms with Crippen molar-refractivity contribution in [1.82, 2.24) is 9.55 Å². The number of anilines is 1. The number of para-hydroxylation sites is 2. The molecule has 128 valence electrons. The van der Waals surface area contributed by atoms with Gasteiger partial charge in [-0.1, -0.05) is 30.8 Å². The molecular weight excluding hydrogens is 334 g/mol. The van der Waals surface area contributed by atoms with Gasteiger partial charge in [0.15, 0.2) is 10.9 Å². The van der Waals surface area contributed by atoms with Gasteiger partial charge in [0.1, 0.15) is 0 Å². The third-order valence-corrected chi connectivity index (χ3v) is 4.92. The van der Waals surface area contributed by atoms with Crippen molar-refractivity contribution in [3.05, 3.63) is 54.1 Å². The number of thioether (sulfide) groups is 1. The van der Waals surface area contributed by atoms with Crippen molar-refractivity contribution in [1.29, 1.82) is 0 Å². The standard InChI is InChI=1S/C19H19N3O2S/c1-3-18(24)20-14-10-8-13(9-11-14)17(23)12-25-19-21-15-6-4-5-7-16(15)22(19)2/h4-11H,3,12H2,1-2H3,(H,20,24). The Morgan fingerprint density at radius 2 is 1.84 bits per heavy atom. The SMILES string of the molecule is CCC(=O)Nc1ccc(C(=O)CSc2nc3ccccc3n2C)cc1. The molecule has 0 saturated heterocycles. The second-order valence-corrected chi connectivity index (χ2v) is 6.58. The molecule has 1 aromatic heterocycles. The van der Waals surface area contributed by atoms with Gasteiger partial charge in [-0.2, -0.15) is 0 Å². The van der Waals surface area contributed by atoms with E-state index in [9.17, 15) is 9.59 Å². The molecule has 3 rings (SSSR count). The molecule has 5 nitrogen and oxygen atoms in total. The summed E-state index contributed by atoms with van der Waals surface area (Å²) in [5, 5.41) is 3.59. The van der Waals surface area contributed by atoms with Crippen LogP contribution >= 0.6 is 11.8 Å². The van der Waals surface area contributed by atoms with E-state index in [0.717, 1.165) is 16.2 Å². The van der Waals surface area contributed by atoms with Gasteiger partial charge in [0.05, 0.1) is 16.8 Å². The first-order valence-corrected chi connectivity index (χ1v) is 9.04. The molecule has 25 heavy (non-hydrogen) atoms. The Bertz CT molecular complexity index is 916. The highest BCUT2D eigenvalue weighted by molar-refractivity contribution is 7.99. The van der Waals surface area contributed by atoms with Crippen LogP contribution in [0.25, 0.3) is 11.0 Å². The van der Waals surface area contributed by atoms with Crippen molar-refractivity contribution in [2.45, 2.75) is 18.5 Å². The van der Waals surface area contributed by atoms with E-state index in [-0.39, 0.29) is 11.7 Å². The minimum atomic E-state index is -0.0449. The number of hydrogen-bond donors (Lipinski definition) is 1. The summed E-state index contributed by atoms with van der Waals surface area (Å²) in [7, 11) is 1.95. The van der Waals surface area contributed by atoms with Gasteiger partial charge in [-0.15, -0.1) is 0 Å². The second kappa shape index (κ2) is 7.53. The van der Waals surface area contributed by atoms with Crippen molar-refractivity contribution in [2.24, 2.45) is 7.05 Å². The molecule has 0 radical (unpaired) electrons. The average Bonchev–Trinajstić information content (AvgIpc) is 2.96. The molecule has 0 aliphatic rings. The number of benzene rings is 2. The number of nitrogens with zero attached hydrogens (tertiary/aromatic N) is 2. The molecule has 1 heterocycles. The monoisotopic (exact) mass is 353 g/mol. The van der Waals surface area contributed by atoms with Crippen LogP contribution < -0.4 is 5.32 Å². The maximum atomic E-state index is 12.4. The number of Topliss-reactive ketones (excluding diaryl/α,β-unsaturated/α-hetero) is 1. The van der Waals surface area contributed by atoms with Crippen LogP contribution in [0.3, 0.4) is 0 Å². The molecule has 1 N–H and O–H groups in total. The van der Waals surface area contributed by atoms with E-state index in [2.05, 4.69) is 10.3 Å². The molecule has 1 amide bonds. The summed E-state index contributed by atoms with van der Waals surface area (Å²) in [5.41, 5.74) is 3.30. The Morgan fingerprint density at radius 3 is 2.52 bits per heavy atom. The van der Waals surface area contributed by atoms with Crippen molar-refractivity contribution in [3.8, 4) is 0 Å². The summed E-state index contributed by atoms with van der Waals surface area (Å²) < 4.78 is 2.00. The van der Waals surface area contributed by atoms with Crippen LogP contribution in [0.15, 0.2) is 53.7 Å². The van der Waals surface area contributed by atoms with Crippen molar-refractivity contribution < 1.29 is 9.59 Å². The zero-order valence-corrected chi connectivity index (χ0v) is 15.0. The van der Waals surface area contributed by atoms with Crippen molar-refractivity contribution in [2.75, 3.05) is 11.1 Å². The average molecular weight is 353 g/mol. The van der Waals surface area contributed by atoms with Crippen LogP contribution in [0.1, 0.15) is 23.7 Å². The highest BCUT2D eigenvalue weighted by atomic mass is 32.2. The Morgan fingerprint density at radius 1 is 1.12 bits per heavy atom. The summed E-state index contributed by atoms with van der Waals surface area (Å²) in [6.45, 7) is 1.80. The number of amides is 1. The number of imidazole rings is 1. The van der Waals surface area contributed by atoms with Gasteiger partial charge in [0.2, 0.25) is 5.91 Å². The summed E-state index contributed by atoms with van der Waals surface area (Å²) in [5.74, 6) is 0.305. The highest BCUT2D eigenvalue weighted by Gasteiger charge is 2.12. The Balaban J connectivity index is 1.65. The molecule has 0 fully saturated rings. The lowest BCUT2D eigenvalue weighted by Crippen LogP contribution is -2.10. The first-order chi connectivity index (χ1) is 12.1. The number of aryl methyl sites for hydroxylation is 1. The minimum Gasteiger partial charge on any atom is -0.326 e. The molecule has 0 spiro atoms. The molecule has 6 heteroatoms. The quantitative estimate of drug-likeness (QED) is 0.539. The fraction of sp³-hybridized carbons (Fsp3) is 0.211. The van der Waals surface area contributed by atoms with Crippen LogP contribution in [-0.4, -0.2) is 27.0 Å². The van der Waals surface area contributed by atoms with Gasteiger partial charge in [0, 0.05) is 24.7 Å². The van der Waals surface area contributed by atoms with E-state index in [0.29, 0.717) is 23.4 Å². The number of ketones is 1. The van der Waals surface area contributed by atoms with E-state index < -0.39 is 0 Å². The van der Waals surface area contributed by atoms with E-state index in [1.54, 1.807) is 31.2 Å². The van der Waals surface area contributed by atoms with Gasteiger partial charge < -0.3 is 9.88 Å². The van der Waals surface area contributed by atoms with Crippen LogP contribution in [0, 0.1) is 0 Å². The lowest BCUT2D eigenvalue weighted by atomic mass is 10.1. The molecule has 0 aliphatic heterocycles. The number of fused-ring (bicyclic) bond motifs is 1. The van der Waals surface area contributed by atoms with Gasteiger partial charge >= 0.3 is 0 Å². The van der Waals surface area contributed by atoms with E-state index in [1.807, 2.05) is 35.9 Å². The lowest BCUT2D eigenvalue weighted by molar-refractivity contribution is -0.115. The largest absolute Gasteiger partial charge is 0.326 e. The van der Waals surface area contributed by atoms with Gasteiger partial charge in [-0.05, 0) is 36.4 Å². The third-order valence-electron chi connectivity index (χ3n) is 3.89. The molecule has 0 aliphatic carbocycles. The minimum absolute atomic E-state index is 0.0328. The van der Waals surface area contributed by atoms with Crippen LogP contribution in [0.2, 0.25) is 0 Å². The lowest BCUT2D eigenvalue weighted by Gasteiger charge is -2.05. The summed E-state index contributed by atoms with van der Waals surface area (Å²) >= 11 is 1.43. The predicted octanol–water partition coefficient (Wildman–Crippen LogP) is 3.90. The van der Waals surface area contributed by atoms with Gasteiger partial charge in [0.25, 0.3) is 0 Å². The van der Waals surface area contributed by atoms with Gasteiger partial charge in [-0.3, -0.25) is 9.59 Å². The topological polar surface area (TPSA) is 64.0 Å². The number of carbonyl (C=O) groups excluding carboxylic acids is 2. The molecule has 0 bridgehead atoms.